The maximum absolute atomic E-state index is 5.38. The highest BCUT2D eigenvalue weighted by atomic mass is 16.5. The highest BCUT2D eigenvalue weighted by Crippen LogP contribution is 2.18. The van der Waals surface area contributed by atoms with Gasteiger partial charge in [-0.05, 0) is 6.42 Å². The lowest BCUT2D eigenvalue weighted by atomic mass is 10.1. The molecule has 62 valence electrons. The lowest BCUT2D eigenvalue weighted by molar-refractivity contribution is 0.358. The second-order valence-corrected chi connectivity index (χ2v) is 2.73. The molecule has 0 bridgehead atoms. The van der Waals surface area contributed by atoms with Crippen molar-refractivity contribution in [3.63, 3.8) is 0 Å². The van der Waals surface area contributed by atoms with E-state index in [0.717, 1.165) is 17.9 Å². The minimum atomic E-state index is 0.447. The molecule has 1 atom stereocenters. The Bertz CT molecular complexity index is 220. The number of aromatic nitrogens is 1. The van der Waals surface area contributed by atoms with E-state index < -0.39 is 0 Å². The largest absolute Gasteiger partial charge is 0.361 e. The second-order valence-electron chi connectivity index (χ2n) is 2.73. The molecule has 0 radical (unpaired) electrons. The van der Waals surface area contributed by atoms with Gasteiger partial charge in [0.25, 0.3) is 0 Å². The van der Waals surface area contributed by atoms with Crippen molar-refractivity contribution >= 4 is 0 Å². The fourth-order valence-corrected chi connectivity index (χ4v) is 0.858. The number of hydrogen-bond acceptors (Lipinski definition) is 3. The second kappa shape index (κ2) is 3.53. The van der Waals surface area contributed by atoms with Crippen LogP contribution in [0.4, 0.5) is 0 Å². The zero-order chi connectivity index (χ0) is 8.27. The molecule has 1 aromatic rings. The highest BCUT2D eigenvalue weighted by Gasteiger charge is 2.08. The van der Waals surface area contributed by atoms with Crippen LogP contribution in [-0.4, -0.2) is 5.16 Å². The molecule has 0 aliphatic carbocycles. The van der Waals surface area contributed by atoms with Crippen molar-refractivity contribution in [1.82, 2.24) is 5.16 Å². The molecule has 11 heavy (non-hydrogen) atoms. The van der Waals surface area contributed by atoms with Gasteiger partial charge in [-0.25, -0.2) is 0 Å². The van der Waals surface area contributed by atoms with Crippen molar-refractivity contribution < 1.29 is 4.52 Å². The summed E-state index contributed by atoms with van der Waals surface area (Å²) in [6.07, 6.45) is 1.07. The maximum atomic E-state index is 5.38. The van der Waals surface area contributed by atoms with E-state index in [1.807, 2.05) is 6.07 Å². The molecule has 1 unspecified atom stereocenters. The molecule has 1 heterocycles. The van der Waals surface area contributed by atoms with Crippen molar-refractivity contribution in [2.45, 2.75) is 32.7 Å². The molecule has 0 fully saturated rings. The zero-order valence-electron chi connectivity index (χ0n) is 7.00. The van der Waals surface area contributed by atoms with Crippen LogP contribution < -0.4 is 5.73 Å². The topological polar surface area (TPSA) is 52.0 Å². The van der Waals surface area contributed by atoms with Crippen LogP contribution in [0.3, 0.4) is 0 Å². The summed E-state index contributed by atoms with van der Waals surface area (Å²) in [5, 5.41) is 3.80. The Morgan fingerprint density at radius 1 is 1.73 bits per heavy atom. The summed E-state index contributed by atoms with van der Waals surface area (Å²) < 4.78 is 5.08. The molecule has 0 aromatic carbocycles. The lowest BCUT2D eigenvalue weighted by Crippen LogP contribution is -1.95. The monoisotopic (exact) mass is 154 g/mol. The molecule has 0 saturated carbocycles. The highest BCUT2D eigenvalue weighted by molar-refractivity contribution is 5.08. The molecule has 0 aliphatic heterocycles. The van der Waals surface area contributed by atoms with Gasteiger partial charge in [0.15, 0.2) is 0 Å². The fraction of sp³-hybridized carbons (Fsp3) is 0.625. The quantitative estimate of drug-likeness (QED) is 0.720. The molecular weight excluding hydrogens is 140 g/mol. The third kappa shape index (κ3) is 1.80. The van der Waals surface area contributed by atoms with Crippen molar-refractivity contribution in [2.75, 3.05) is 0 Å². The van der Waals surface area contributed by atoms with Crippen LogP contribution in [0.25, 0.3) is 0 Å². The van der Waals surface area contributed by atoms with Gasteiger partial charge in [-0.3, -0.25) is 0 Å². The molecular formula is C8H14N2O. The van der Waals surface area contributed by atoms with E-state index in [2.05, 4.69) is 19.0 Å². The predicted molar refractivity (Wildman–Crippen MR) is 43.1 cm³/mol. The Morgan fingerprint density at radius 3 is 2.91 bits per heavy atom. The van der Waals surface area contributed by atoms with E-state index in [0.29, 0.717) is 12.5 Å². The Morgan fingerprint density at radius 2 is 2.45 bits per heavy atom. The standard InChI is InChI=1S/C8H14N2O/c1-3-6(2)8-4-7(5-9)10-11-8/h4,6H,3,5,9H2,1-2H3. The van der Waals surface area contributed by atoms with Crippen LogP contribution >= 0.6 is 0 Å². The Balaban J connectivity index is 2.71. The van der Waals surface area contributed by atoms with Crippen molar-refractivity contribution in [3.05, 3.63) is 17.5 Å². The molecule has 3 heteroatoms. The number of hydrogen-bond donors (Lipinski definition) is 1. The Kier molecular flexibility index (Phi) is 2.65. The van der Waals surface area contributed by atoms with Crippen LogP contribution in [0.15, 0.2) is 10.6 Å². The van der Waals surface area contributed by atoms with E-state index in [1.54, 1.807) is 0 Å². The summed E-state index contributed by atoms with van der Waals surface area (Å²) in [5.41, 5.74) is 6.22. The van der Waals surface area contributed by atoms with E-state index in [1.165, 1.54) is 0 Å². The van der Waals surface area contributed by atoms with E-state index >= 15 is 0 Å². The third-order valence-electron chi connectivity index (χ3n) is 1.88. The molecule has 1 aromatic heterocycles. The van der Waals surface area contributed by atoms with Gasteiger partial charge in [-0.15, -0.1) is 0 Å². The predicted octanol–water partition coefficient (Wildman–Crippen LogP) is 1.65. The average Bonchev–Trinajstić information content (AvgIpc) is 2.50. The summed E-state index contributed by atoms with van der Waals surface area (Å²) in [7, 11) is 0. The maximum Gasteiger partial charge on any atom is 0.139 e. The first kappa shape index (κ1) is 8.27. The van der Waals surface area contributed by atoms with Gasteiger partial charge in [0.05, 0.1) is 5.69 Å². The first-order valence-electron chi connectivity index (χ1n) is 3.93. The number of nitrogens with zero attached hydrogens (tertiary/aromatic N) is 1. The van der Waals surface area contributed by atoms with Gasteiger partial charge < -0.3 is 10.3 Å². The number of rotatable bonds is 3. The van der Waals surface area contributed by atoms with Crippen LogP contribution in [0.5, 0.6) is 0 Å². The normalized spacial score (nSPS) is 13.4. The van der Waals surface area contributed by atoms with Gasteiger partial charge in [0.1, 0.15) is 5.76 Å². The first-order valence-corrected chi connectivity index (χ1v) is 3.93. The van der Waals surface area contributed by atoms with Crippen molar-refractivity contribution in [3.8, 4) is 0 Å². The Hall–Kier alpha value is -0.830. The van der Waals surface area contributed by atoms with Gasteiger partial charge >= 0.3 is 0 Å². The van der Waals surface area contributed by atoms with Gasteiger partial charge in [0.2, 0.25) is 0 Å². The average molecular weight is 154 g/mol. The summed E-state index contributed by atoms with van der Waals surface area (Å²) in [6, 6.07) is 1.92. The SMILES string of the molecule is CCC(C)c1cc(CN)no1. The van der Waals surface area contributed by atoms with Gasteiger partial charge in [-0.1, -0.05) is 19.0 Å². The van der Waals surface area contributed by atoms with E-state index in [-0.39, 0.29) is 0 Å². The minimum absolute atomic E-state index is 0.447. The van der Waals surface area contributed by atoms with Crippen molar-refractivity contribution in [1.29, 1.82) is 0 Å². The van der Waals surface area contributed by atoms with Crippen LogP contribution in [0.1, 0.15) is 37.6 Å². The molecule has 0 spiro atoms. The number of nitrogens with two attached hydrogens (primary N) is 1. The molecule has 0 amide bonds. The molecule has 2 N–H and O–H groups in total. The fourth-order valence-electron chi connectivity index (χ4n) is 0.858. The minimum Gasteiger partial charge on any atom is -0.361 e. The van der Waals surface area contributed by atoms with E-state index in [4.69, 9.17) is 10.3 Å². The molecule has 0 aliphatic rings. The van der Waals surface area contributed by atoms with Crippen molar-refractivity contribution in [2.24, 2.45) is 5.73 Å². The third-order valence-corrected chi connectivity index (χ3v) is 1.88. The molecule has 0 saturated heterocycles. The smallest absolute Gasteiger partial charge is 0.139 e. The Labute approximate surface area is 66.6 Å². The summed E-state index contributed by atoms with van der Waals surface area (Å²) in [6.45, 7) is 4.69. The van der Waals surface area contributed by atoms with Crippen LogP contribution in [-0.2, 0) is 6.54 Å². The van der Waals surface area contributed by atoms with Gasteiger partial charge in [0, 0.05) is 18.5 Å². The summed E-state index contributed by atoms with van der Waals surface area (Å²) in [5.74, 6) is 1.38. The van der Waals surface area contributed by atoms with Gasteiger partial charge in [-0.2, -0.15) is 0 Å². The van der Waals surface area contributed by atoms with E-state index in [9.17, 15) is 0 Å². The zero-order valence-corrected chi connectivity index (χ0v) is 7.00. The summed E-state index contributed by atoms with van der Waals surface area (Å²) >= 11 is 0. The lowest BCUT2D eigenvalue weighted by Gasteiger charge is -1.99. The van der Waals surface area contributed by atoms with Crippen LogP contribution in [0, 0.1) is 0 Å². The molecule has 3 nitrogen and oxygen atoms in total. The summed E-state index contributed by atoms with van der Waals surface area (Å²) in [4.78, 5) is 0. The first-order chi connectivity index (χ1) is 5.27. The molecule has 1 rings (SSSR count). The van der Waals surface area contributed by atoms with Crippen LogP contribution in [0.2, 0.25) is 0 Å².